The fraction of sp³-hybridized carbons (Fsp3) is 0.0417. The van der Waals surface area contributed by atoms with Crippen LogP contribution in [0.3, 0.4) is 0 Å². The van der Waals surface area contributed by atoms with E-state index in [1.54, 1.807) is 42.5 Å². The van der Waals surface area contributed by atoms with Crippen molar-refractivity contribution in [1.82, 2.24) is 0 Å². The number of amides is 1. The standard InChI is InChI=1S/C24H19NO5S/c26-24(25-21-13-7-8-14-22(21)29-18-9-3-1-4-10-18)23-16-15-19(30-23)17-31(27,28)20-11-5-2-6-12-20/h1-16H,17H2,(H,25,26). The fourth-order valence-corrected chi connectivity index (χ4v) is 4.20. The van der Waals surface area contributed by atoms with Crippen LogP contribution in [-0.2, 0) is 15.6 Å². The summed E-state index contributed by atoms with van der Waals surface area (Å²) in [6, 6.07) is 27.3. The molecule has 1 N–H and O–H groups in total. The first-order valence-electron chi connectivity index (χ1n) is 9.51. The summed E-state index contributed by atoms with van der Waals surface area (Å²) in [5.41, 5.74) is 0.464. The number of anilines is 1. The lowest BCUT2D eigenvalue weighted by Crippen LogP contribution is -2.11. The zero-order valence-corrected chi connectivity index (χ0v) is 17.2. The van der Waals surface area contributed by atoms with E-state index in [0.29, 0.717) is 17.2 Å². The Hall–Kier alpha value is -3.84. The first-order valence-corrected chi connectivity index (χ1v) is 11.2. The Bertz CT molecular complexity index is 1280. The third kappa shape index (κ3) is 5.02. The van der Waals surface area contributed by atoms with Crippen LogP contribution in [0.5, 0.6) is 11.5 Å². The third-order valence-electron chi connectivity index (χ3n) is 4.43. The molecule has 0 unspecified atom stereocenters. The van der Waals surface area contributed by atoms with Crippen molar-refractivity contribution in [2.75, 3.05) is 5.32 Å². The Morgan fingerprint density at radius 1 is 0.806 bits per heavy atom. The van der Waals surface area contributed by atoms with E-state index >= 15 is 0 Å². The fourth-order valence-electron chi connectivity index (χ4n) is 2.93. The van der Waals surface area contributed by atoms with Crippen molar-refractivity contribution in [2.24, 2.45) is 0 Å². The Morgan fingerprint density at radius 3 is 2.19 bits per heavy atom. The number of benzene rings is 3. The van der Waals surface area contributed by atoms with Crippen LogP contribution in [0.1, 0.15) is 16.3 Å². The van der Waals surface area contributed by atoms with Gasteiger partial charge in [0.1, 0.15) is 17.3 Å². The summed E-state index contributed by atoms with van der Waals surface area (Å²) >= 11 is 0. The highest BCUT2D eigenvalue weighted by Gasteiger charge is 2.20. The van der Waals surface area contributed by atoms with Gasteiger partial charge >= 0.3 is 0 Å². The summed E-state index contributed by atoms with van der Waals surface area (Å²) in [7, 11) is -3.57. The van der Waals surface area contributed by atoms with E-state index in [0.717, 1.165) is 0 Å². The number of furan rings is 1. The highest BCUT2D eigenvalue weighted by molar-refractivity contribution is 7.90. The van der Waals surface area contributed by atoms with Gasteiger partial charge in [0, 0.05) is 0 Å². The van der Waals surface area contributed by atoms with Crippen molar-refractivity contribution >= 4 is 21.4 Å². The third-order valence-corrected chi connectivity index (χ3v) is 6.08. The molecule has 4 aromatic rings. The maximum absolute atomic E-state index is 12.7. The highest BCUT2D eigenvalue weighted by atomic mass is 32.2. The lowest BCUT2D eigenvalue weighted by Gasteiger charge is -2.11. The molecule has 0 saturated heterocycles. The van der Waals surface area contributed by atoms with Gasteiger partial charge in [-0.05, 0) is 48.5 Å². The molecule has 0 saturated carbocycles. The largest absolute Gasteiger partial charge is 0.455 e. The van der Waals surface area contributed by atoms with Gasteiger partial charge in [0.15, 0.2) is 21.3 Å². The van der Waals surface area contributed by atoms with E-state index < -0.39 is 15.7 Å². The van der Waals surface area contributed by atoms with Gasteiger partial charge in [0.25, 0.3) is 5.91 Å². The molecule has 0 aliphatic carbocycles. The van der Waals surface area contributed by atoms with Crippen molar-refractivity contribution < 1.29 is 22.4 Å². The molecule has 0 aliphatic rings. The maximum Gasteiger partial charge on any atom is 0.291 e. The van der Waals surface area contributed by atoms with Gasteiger partial charge in [0.05, 0.1) is 10.6 Å². The molecular weight excluding hydrogens is 414 g/mol. The van der Waals surface area contributed by atoms with Crippen LogP contribution >= 0.6 is 0 Å². The molecule has 0 fully saturated rings. The summed E-state index contributed by atoms with van der Waals surface area (Å²) in [5, 5.41) is 2.75. The second kappa shape index (κ2) is 8.89. The van der Waals surface area contributed by atoms with E-state index in [1.807, 2.05) is 30.3 Å². The first kappa shape index (κ1) is 20.4. The summed E-state index contributed by atoms with van der Waals surface area (Å²) in [6.07, 6.45) is 0. The van der Waals surface area contributed by atoms with Crippen LogP contribution in [-0.4, -0.2) is 14.3 Å². The molecule has 0 bridgehead atoms. The van der Waals surface area contributed by atoms with Gasteiger partial charge in [-0.1, -0.05) is 48.5 Å². The van der Waals surface area contributed by atoms with Crippen LogP contribution in [0.15, 0.2) is 106 Å². The second-order valence-electron chi connectivity index (χ2n) is 6.70. The Morgan fingerprint density at radius 2 is 1.45 bits per heavy atom. The topological polar surface area (TPSA) is 85.6 Å². The Balaban J connectivity index is 1.48. The predicted molar refractivity (Wildman–Crippen MR) is 117 cm³/mol. The second-order valence-corrected chi connectivity index (χ2v) is 8.69. The molecule has 7 heteroatoms. The lowest BCUT2D eigenvalue weighted by molar-refractivity contribution is 0.0995. The van der Waals surface area contributed by atoms with Crippen LogP contribution < -0.4 is 10.1 Å². The van der Waals surface area contributed by atoms with Gasteiger partial charge in [-0.3, -0.25) is 4.79 Å². The summed E-state index contributed by atoms with van der Waals surface area (Å²) in [4.78, 5) is 12.9. The summed E-state index contributed by atoms with van der Waals surface area (Å²) < 4.78 is 36.4. The van der Waals surface area contributed by atoms with E-state index in [1.165, 1.54) is 24.3 Å². The maximum atomic E-state index is 12.7. The average molecular weight is 433 g/mol. The highest BCUT2D eigenvalue weighted by Crippen LogP contribution is 2.29. The van der Waals surface area contributed by atoms with Gasteiger partial charge < -0.3 is 14.5 Å². The van der Waals surface area contributed by atoms with E-state index in [-0.39, 0.29) is 22.2 Å². The molecule has 31 heavy (non-hydrogen) atoms. The van der Waals surface area contributed by atoms with Crippen LogP contribution in [0.25, 0.3) is 0 Å². The minimum Gasteiger partial charge on any atom is -0.455 e. The van der Waals surface area contributed by atoms with Crippen LogP contribution in [0.2, 0.25) is 0 Å². The number of nitrogens with one attached hydrogen (secondary N) is 1. The van der Waals surface area contributed by atoms with Gasteiger partial charge in [-0.25, -0.2) is 8.42 Å². The molecule has 156 valence electrons. The molecule has 1 aromatic heterocycles. The number of rotatable bonds is 7. The predicted octanol–water partition coefficient (Wildman–Crippen LogP) is 5.30. The number of hydrogen-bond donors (Lipinski definition) is 1. The Kier molecular flexibility index (Phi) is 5.86. The Labute approximate surface area is 180 Å². The molecule has 6 nitrogen and oxygen atoms in total. The monoisotopic (exact) mass is 433 g/mol. The molecule has 0 spiro atoms. The number of sulfone groups is 1. The number of para-hydroxylation sites is 3. The van der Waals surface area contributed by atoms with Crippen molar-refractivity contribution in [2.45, 2.75) is 10.6 Å². The normalized spacial score (nSPS) is 11.1. The molecule has 1 heterocycles. The van der Waals surface area contributed by atoms with Crippen molar-refractivity contribution in [1.29, 1.82) is 0 Å². The minimum atomic E-state index is -3.57. The SMILES string of the molecule is O=C(Nc1ccccc1Oc1ccccc1)c1ccc(CS(=O)(=O)c2ccccc2)o1. The molecule has 4 rings (SSSR count). The minimum absolute atomic E-state index is 0.00720. The zero-order chi connectivity index (χ0) is 21.7. The molecule has 3 aromatic carbocycles. The number of hydrogen-bond acceptors (Lipinski definition) is 5. The average Bonchev–Trinajstić information content (AvgIpc) is 3.24. The van der Waals surface area contributed by atoms with E-state index in [9.17, 15) is 13.2 Å². The van der Waals surface area contributed by atoms with Gasteiger partial charge in [0.2, 0.25) is 0 Å². The van der Waals surface area contributed by atoms with Crippen molar-refractivity contribution in [3.63, 3.8) is 0 Å². The molecule has 0 atom stereocenters. The smallest absolute Gasteiger partial charge is 0.291 e. The van der Waals surface area contributed by atoms with Gasteiger partial charge in [-0.15, -0.1) is 0 Å². The van der Waals surface area contributed by atoms with E-state index in [2.05, 4.69) is 5.32 Å². The lowest BCUT2D eigenvalue weighted by atomic mass is 10.2. The molecule has 0 aliphatic heterocycles. The van der Waals surface area contributed by atoms with Crippen LogP contribution in [0.4, 0.5) is 5.69 Å². The summed E-state index contributed by atoms with van der Waals surface area (Å²) in [5.74, 6) is 0.456. The van der Waals surface area contributed by atoms with Crippen molar-refractivity contribution in [3.05, 3.63) is 109 Å². The zero-order valence-electron chi connectivity index (χ0n) is 16.4. The quantitative estimate of drug-likeness (QED) is 0.428. The first-order chi connectivity index (χ1) is 15.0. The molecule has 1 amide bonds. The van der Waals surface area contributed by atoms with Gasteiger partial charge in [-0.2, -0.15) is 0 Å². The number of carbonyl (C=O) groups excluding carboxylic acids is 1. The molecular formula is C24H19NO5S. The molecule has 0 radical (unpaired) electrons. The van der Waals surface area contributed by atoms with Crippen molar-refractivity contribution in [3.8, 4) is 11.5 Å². The van der Waals surface area contributed by atoms with E-state index in [4.69, 9.17) is 9.15 Å². The number of ether oxygens (including phenoxy) is 1. The van der Waals surface area contributed by atoms with Crippen LogP contribution in [0, 0.1) is 0 Å². The summed E-state index contributed by atoms with van der Waals surface area (Å²) in [6.45, 7) is 0. The number of carbonyl (C=O) groups is 1.